The van der Waals surface area contributed by atoms with Crippen LogP contribution in [0.2, 0.25) is 0 Å². The smallest absolute Gasteiger partial charge is 0.232 e. The van der Waals surface area contributed by atoms with Crippen molar-refractivity contribution in [1.29, 1.82) is 0 Å². The number of rotatable bonds is 4. The highest BCUT2D eigenvalue weighted by Crippen LogP contribution is 2.23. The standard InChI is InChI=1S/C15H20N2O2/c1-15(2,3)13-9-17-14(19-13)10-18-12-7-5-11(16-4)6-8-12/h5-9,16H,10H2,1-4H3. The summed E-state index contributed by atoms with van der Waals surface area (Å²) in [7, 11) is 1.89. The Morgan fingerprint density at radius 1 is 1.21 bits per heavy atom. The number of hydrogen-bond donors (Lipinski definition) is 1. The minimum Gasteiger partial charge on any atom is -0.484 e. The molecule has 2 rings (SSSR count). The minimum absolute atomic E-state index is 0.0281. The molecule has 0 radical (unpaired) electrons. The first-order valence-electron chi connectivity index (χ1n) is 6.35. The van der Waals surface area contributed by atoms with E-state index >= 15 is 0 Å². The molecule has 1 aromatic heterocycles. The molecule has 1 N–H and O–H groups in total. The molecule has 19 heavy (non-hydrogen) atoms. The van der Waals surface area contributed by atoms with E-state index in [2.05, 4.69) is 31.1 Å². The number of ether oxygens (including phenoxy) is 1. The zero-order valence-corrected chi connectivity index (χ0v) is 11.9. The second-order valence-electron chi connectivity index (χ2n) is 5.43. The normalized spacial score (nSPS) is 11.4. The third-order valence-corrected chi connectivity index (χ3v) is 2.80. The van der Waals surface area contributed by atoms with Crippen molar-refractivity contribution in [2.75, 3.05) is 12.4 Å². The van der Waals surface area contributed by atoms with Gasteiger partial charge >= 0.3 is 0 Å². The van der Waals surface area contributed by atoms with Crippen LogP contribution in [0.3, 0.4) is 0 Å². The molecule has 0 saturated heterocycles. The van der Waals surface area contributed by atoms with Gasteiger partial charge in [-0.2, -0.15) is 0 Å². The Bertz CT molecular complexity index is 524. The molecule has 0 aliphatic carbocycles. The first kappa shape index (κ1) is 13.5. The summed E-state index contributed by atoms with van der Waals surface area (Å²) in [6, 6.07) is 7.76. The first-order chi connectivity index (χ1) is 8.99. The van der Waals surface area contributed by atoms with Crippen molar-refractivity contribution in [3.8, 4) is 5.75 Å². The highest BCUT2D eigenvalue weighted by atomic mass is 16.5. The van der Waals surface area contributed by atoms with Crippen LogP contribution in [0, 0.1) is 0 Å². The van der Waals surface area contributed by atoms with Gasteiger partial charge in [-0.25, -0.2) is 4.98 Å². The highest BCUT2D eigenvalue weighted by Gasteiger charge is 2.19. The fraction of sp³-hybridized carbons (Fsp3) is 0.400. The van der Waals surface area contributed by atoms with Gasteiger partial charge in [0.05, 0.1) is 6.20 Å². The Balaban J connectivity index is 1.96. The average Bonchev–Trinajstić information content (AvgIpc) is 2.86. The number of aromatic nitrogens is 1. The molecule has 102 valence electrons. The van der Waals surface area contributed by atoms with Crippen LogP contribution in [0.4, 0.5) is 5.69 Å². The molecular formula is C15H20N2O2. The van der Waals surface area contributed by atoms with Crippen LogP contribution < -0.4 is 10.1 Å². The monoisotopic (exact) mass is 260 g/mol. The lowest BCUT2D eigenvalue weighted by Gasteiger charge is -2.13. The fourth-order valence-corrected chi connectivity index (χ4v) is 1.59. The number of hydrogen-bond acceptors (Lipinski definition) is 4. The summed E-state index contributed by atoms with van der Waals surface area (Å²) in [6.45, 7) is 6.62. The van der Waals surface area contributed by atoms with Crippen molar-refractivity contribution >= 4 is 5.69 Å². The fourth-order valence-electron chi connectivity index (χ4n) is 1.59. The number of anilines is 1. The van der Waals surface area contributed by atoms with E-state index in [-0.39, 0.29) is 5.41 Å². The minimum atomic E-state index is -0.0281. The predicted molar refractivity (Wildman–Crippen MR) is 75.5 cm³/mol. The Labute approximate surface area is 113 Å². The van der Waals surface area contributed by atoms with E-state index in [1.807, 2.05) is 31.3 Å². The Kier molecular flexibility index (Phi) is 3.79. The van der Waals surface area contributed by atoms with Gasteiger partial charge in [0.25, 0.3) is 0 Å². The zero-order valence-electron chi connectivity index (χ0n) is 11.9. The molecule has 1 aromatic carbocycles. The predicted octanol–water partition coefficient (Wildman–Crippen LogP) is 3.59. The van der Waals surface area contributed by atoms with Gasteiger partial charge in [0.1, 0.15) is 11.5 Å². The van der Waals surface area contributed by atoms with Gasteiger partial charge in [-0.1, -0.05) is 20.8 Å². The number of nitrogens with zero attached hydrogens (tertiary/aromatic N) is 1. The molecule has 0 bridgehead atoms. The molecule has 0 unspecified atom stereocenters. The molecule has 4 nitrogen and oxygen atoms in total. The molecular weight excluding hydrogens is 240 g/mol. The number of benzene rings is 1. The molecule has 0 fully saturated rings. The summed E-state index contributed by atoms with van der Waals surface area (Å²) < 4.78 is 11.3. The van der Waals surface area contributed by atoms with Gasteiger partial charge in [0, 0.05) is 18.2 Å². The topological polar surface area (TPSA) is 47.3 Å². The third kappa shape index (κ3) is 3.50. The maximum absolute atomic E-state index is 5.67. The van der Waals surface area contributed by atoms with Crippen molar-refractivity contribution in [3.63, 3.8) is 0 Å². The lowest BCUT2D eigenvalue weighted by Crippen LogP contribution is -2.09. The Morgan fingerprint density at radius 2 is 1.89 bits per heavy atom. The molecule has 0 atom stereocenters. The van der Waals surface area contributed by atoms with E-state index in [0.29, 0.717) is 12.5 Å². The summed E-state index contributed by atoms with van der Waals surface area (Å²) in [5, 5.41) is 3.06. The van der Waals surface area contributed by atoms with E-state index in [1.54, 1.807) is 6.20 Å². The molecule has 0 spiro atoms. The molecule has 4 heteroatoms. The number of nitrogens with one attached hydrogen (secondary N) is 1. The van der Waals surface area contributed by atoms with Crippen molar-refractivity contribution < 1.29 is 9.15 Å². The molecule has 0 amide bonds. The summed E-state index contributed by atoms with van der Waals surface area (Å²) in [5.41, 5.74) is 1.03. The third-order valence-electron chi connectivity index (χ3n) is 2.80. The van der Waals surface area contributed by atoms with Crippen LogP contribution in [0.5, 0.6) is 5.75 Å². The molecule has 0 aliphatic heterocycles. The van der Waals surface area contributed by atoms with Crippen molar-refractivity contribution in [3.05, 3.63) is 42.1 Å². The van der Waals surface area contributed by atoms with Gasteiger partial charge in [-0.15, -0.1) is 0 Å². The SMILES string of the molecule is CNc1ccc(OCc2ncc(C(C)(C)C)o2)cc1. The van der Waals surface area contributed by atoms with Gasteiger partial charge in [0.15, 0.2) is 6.61 Å². The number of oxazole rings is 1. The van der Waals surface area contributed by atoms with Gasteiger partial charge in [-0.3, -0.25) is 0 Å². The Morgan fingerprint density at radius 3 is 2.42 bits per heavy atom. The van der Waals surface area contributed by atoms with Crippen LogP contribution >= 0.6 is 0 Å². The highest BCUT2D eigenvalue weighted by molar-refractivity contribution is 5.45. The molecule has 1 heterocycles. The van der Waals surface area contributed by atoms with Crippen LogP contribution in [-0.2, 0) is 12.0 Å². The van der Waals surface area contributed by atoms with E-state index in [0.717, 1.165) is 17.2 Å². The summed E-state index contributed by atoms with van der Waals surface area (Å²) >= 11 is 0. The largest absolute Gasteiger partial charge is 0.484 e. The van der Waals surface area contributed by atoms with Gasteiger partial charge in [-0.05, 0) is 24.3 Å². The van der Waals surface area contributed by atoms with E-state index in [9.17, 15) is 0 Å². The quantitative estimate of drug-likeness (QED) is 0.912. The summed E-state index contributed by atoms with van der Waals surface area (Å²) in [5.74, 6) is 2.27. The van der Waals surface area contributed by atoms with E-state index < -0.39 is 0 Å². The second kappa shape index (κ2) is 5.34. The van der Waals surface area contributed by atoms with E-state index in [4.69, 9.17) is 9.15 Å². The van der Waals surface area contributed by atoms with Crippen molar-refractivity contribution in [2.45, 2.75) is 32.8 Å². The maximum atomic E-state index is 5.67. The van der Waals surface area contributed by atoms with E-state index in [1.165, 1.54) is 0 Å². The zero-order chi connectivity index (χ0) is 13.9. The second-order valence-corrected chi connectivity index (χ2v) is 5.43. The van der Waals surface area contributed by atoms with Crippen molar-refractivity contribution in [1.82, 2.24) is 4.98 Å². The van der Waals surface area contributed by atoms with Crippen molar-refractivity contribution in [2.24, 2.45) is 0 Å². The Hall–Kier alpha value is -1.97. The first-order valence-corrected chi connectivity index (χ1v) is 6.35. The summed E-state index contributed by atoms with van der Waals surface area (Å²) in [6.07, 6.45) is 1.77. The maximum Gasteiger partial charge on any atom is 0.232 e. The van der Waals surface area contributed by atoms with Crippen LogP contribution in [0.15, 0.2) is 34.9 Å². The van der Waals surface area contributed by atoms with Gasteiger partial charge in [0.2, 0.25) is 5.89 Å². The lowest BCUT2D eigenvalue weighted by atomic mass is 9.94. The molecule has 0 saturated carbocycles. The molecule has 2 aromatic rings. The van der Waals surface area contributed by atoms with Crippen LogP contribution in [-0.4, -0.2) is 12.0 Å². The van der Waals surface area contributed by atoms with Crippen LogP contribution in [0.1, 0.15) is 32.4 Å². The lowest BCUT2D eigenvalue weighted by molar-refractivity contribution is 0.252. The molecule has 0 aliphatic rings. The average molecular weight is 260 g/mol. The summed E-state index contributed by atoms with van der Waals surface area (Å²) in [4.78, 5) is 4.23. The van der Waals surface area contributed by atoms with Gasteiger partial charge < -0.3 is 14.5 Å². The van der Waals surface area contributed by atoms with Crippen LogP contribution in [0.25, 0.3) is 0 Å².